The standard InChI is InChI=1S/C16H10ClN3O/c1-2-10-6-7-14-13(15(10)17)9-18-16(20-14)19-11-4-3-5-12(21)8-11/h1,3-9,21H,(H,18,19,20). The third kappa shape index (κ3) is 2.60. The summed E-state index contributed by atoms with van der Waals surface area (Å²) < 4.78 is 0. The molecule has 0 aliphatic carbocycles. The maximum Gasteiger partial charge on any atom is 0.227 e. The van der Waals surface area contributed by atoms with E-state index in [4.69, 9.17) is 18.0 Å². The maximum atomic E-state index is 9.44. The van der Waals surface area contributed by atoms with E-state index in [1.54, 1.807) is 36.5 Å². The minimum atomic E-state index is 0.169. The second-order valence-electron chi connectivity index (χ2n) is 4.37. The molecule has 2 aromatic carbocycles. The fourth-order valence-corrected chi connectivity index (χ4v) is 2.22. The fraction of sp³-hybridized carbons (Fsp3) is 0. The average molecular weight is 296 g/mol. The molecule has 5 heteroatoms. The van der Waals surface area contributed by atoms with E-state index in [2.05, 4.69) is 21.2 Å². The number of terminal acetylenes is 1. The van der Waals surface area contributed by atoms with Gasteiger partial charge in [-0.05, 0) is 24.3 Å². The van der Waals surface area contributed by atoms with Gasteiger partial charge in [0.15, 0.2) is 0 Å². The maximum absolute atomic E-state index is 9.44. The Labute approximate surface area is 126 Å². The van der Waals surface area contributed by atoms with Crippen molar-refractivity contribution in [2.45, 2.75) is 0 Å². The van der Waals surface area contributed by atoms with Crippen LogP contribution < -0.4 is 5.32 Å². The lowest BCUT2D eigenvalue weighted by molar-refractivity contribution is 0.475. The van der Waals surface area contributed by atoms with Crippen LogP contribution in [0.25, 0.3) is 10.9 Å². The summed E-state index contributed by atoms with van der Waals surface area (Å²) in [4.78, 5) is 8.59. The third-order valence-electron chi connectivity index (χ3n) is 2.96. The van der Waals surface area contributed by atoms with E-state index < -0.39 is 0 Å². The molecule has 1 aromatic heterocycles. The summed E-state index contributed by atoms with van der Waals surface area (Å²) in [6, 6.07) is 10.3. The van der Waals surface area contributed by atoms with Gasteiger partial charge in [0.2, 0.25) is 5.95 Å². The molecule has 0 saturated heterocycles. The summed E-state index contributed by atoms with van der Waals surface area (Å²) in [6.45, 7) is 0. The van der Waals surface area contributed by atoms with Gasteiger partial charge in [-0.25, -0.2) is 9.97 Å². The second-order valence-corrected chi connectivity index (χ2v) is 4.75. The van der Waals surface area contributed by atoms with Gasteiger partial charge in [-0.15, -0.1) is 6.42 Å². The average Bonchev–Trinajstić information content (AvgIpc) is 2.48. The van der Waals surface area contributed by atoms with E-state index in [0.717, 1.165) is 0 Å². The molecular weight excluding hydrogens is 286 g/mol. The smallest absolute Gasteiger partial charge is 0.227 e. The number of phenolic OH excluding ortho intramolecular Hbond substituents is 1. The van der Waals surface area contributed by atoms with E-state index in [-0.39, 0.29) is 5.75 Å². The molecule has 0 aliphatic rings. The molecule has 0 atom stereocenters. The number of aromatic hydroxyl groups is 1. The van der Waals surface area contributed by atoms with Crippen LogP contribution >= 0.6 is 11.6 Å². The minimum Gasteiger partial charge on any atom is -0.508 e. The number of rotatable bonds is 2. The molecule has 0 aliphatic heterocycles. The highest BCUT2D eigenvalue weighted by atomic mass is 35.5. The molecule has 102 valence electrons. The zero-order chi connectivity index (χ0) is 14.8. The van der Waals surface area contributed by atoms with Crippen LogP contribution in [0.5, 0.6) is 5.75 Å². The zero-order valence-electron chi connectivity index (χ0n) is 10.8. The summed E-state index contributed by atoms with van der Waals surface area (Å²) in [6.07, 6.45) is 7.00. The second kappa shape index (κ2) is 5.31. The van der Waals surface area contributed by atoms with Crippen molar-refractivity contribution in [2.24, 2.45) is 0 Å². The van der Waals surface area contributed by atoms with Crippen LogP contribution in [0.3, 0.4) is 0 Å². The molecular formula is C16H10ClN3O. The topological polar surface area (TPSA) is 58.0 Å². The van der Waals surface area contributed by atoms with Gasteiger partial charge >= 0.3 is 0 Å². The Bertz CT molecular complexity index is 871. The van der Waals surface area contributed by atoms with E-state index >= 15 is 0 Å². The van der Waals surface area contributed by atoms with Crippen LogP contribution in [0, 0.1) is 12.3 Å². The quantitative estimate of drug-likeness (QED) is 0.708. The monoisotopic (exact) mass is 295 g/mol. The molecule has 2 N–H and O–H groups in total. The number of nitrogens with one attached hydrogen (secondary N) is 1. The third-order valence-corrected chi connectivity index (χ3v) is 3.36. The van der Waals surface area contributed by atoms with Crippen LogP contribution in [0.4, 0.5) is 11.6 Å². The van der Waals surface area contributed by atoms with Gasteiger partial charge < -0.3 is 10.4 Å². The fourth-order valence-electron chi connectivity index (χ4n) is 1.96. The van der Waals surface area contributed by atoms with Gasteiger partial charge in [-0.3, -0.25) is 0 Å². The largest absolute Gasteiger partial charge is 0.508 e. The number of fused-ring (bicyclic) bond motifs is 1. The normalized spacial score (nSPS) is 10.3. The van der Waals surface area contributed by atoms with E-state index in [1.165, 1.54) is 0 Å². The summed E-state index contributed by atoms with van der Waals surface area (Å²) in [5.41, 5.74) is 2.00. The highest BCUT2D eigenvalue weighted by molar-refractivity contribution is 6.36. The molecule has 0 spiro atoms. The molecule has 1 heterocycles. The van der Waals surface area contributed by atoms with Crippen molar-refractivity contribution in [1.82, 2.24) is 9.97 Å². The van der Waals surface area contributed by atoms with E-state index in [0.29, 0.717) is 33.1 Å². The first-order chi connectivity index (χ1) is 10.2. The number of hydrogen-bond donors (Lipinski definition) is 2. The Morgan fingerprint density at radius 3 is 2.86 bits per heavy atom. The van der Waals surface area contributed by atoms with Crippen molar-refractivity contribution < 1.29 is 5.11 Å². The van der Waals surface area contributed by atoms with Crippen LogP contribution in [0.1, 0.15) is 5.56 Å². The summed E-state index contributed by atoms with van der Waals surface area (Å²) in [5, 5.41) is 13.6. The number of halogens is 1. The number of benzene rings is 2. The molecule has 0 amide bonds. The highest BCUT2D eigenvalue weighted by Gasteiger charge is 2.07. The molecule has 0 radical (unpaired) electrons. The van der Waals surface area contributed by atoms with Crippen LogP contribution in [0.15, 0.2) is 42.6 Å². The lowest BCUT2D eigenvalue weighted by Gasteiger charge is -2.07. The molecule has 4 nitrogen and oxygen atoms in total. The van der Waals surface area contributed by atoms with Crippen LogP contribution in [-0.4, -0.2) is 15.1 Å². The molecule has 0 unspecified atom stereocenters. The Balaban J connectivity index is 2.00. The Kier molecular flexibility index (Phi) is 3.35. The SMILES string of the molecule is C#Cc1ccc2nc(Nc3cccc(O)c3)ncc2c1Cl. The van der Waals surface area contributed by atoms with Crippen molar-refractivity contribution in [3.8, 4) is 18.1 Å². The minimum absolute atomic E-state index is 0.169. The Morgan fingerprint density at radius 1 is 1.24 bits per heavy atom. The number of nitrogens with zero attached hydrogens (tertiary/aromatic N) is 2. The lowest BCUT2D eigenvalue weighted by atomic mass is 10.1. The zero-order valence-corrected chi connectivity index (χ0v) is 11.6. The number of anilines is 2. The van der Waals surface area contributed by atoms with Crippen LogP contribution in [-0.2, 0) is 0 Å². The van der Waals surface area contributed by atoms with Gasteiger partial charge in [0.25, 0.3) is 0 Å². The van der Waals surface area contributed by atoms with Crippen molar-refractivity contribution in [2.75, 3.05) is 5.32 Å². The van der Waals surface area contributed by atoms with Gasteiger partial charge in [0.1, 0.15) is 5.75 Å². The number of phenols is 1. The number of aromatic nitrogens is 2. The Morgan fingerprint density at radius 2 is 2.10 bits per heavy atom. The first-order valence-electron chi connectivity index (χ1n) is 6.15. The predicted octanol–water partition coefficient (Wildman–Crippen LogP) is 3.71. The van der Waals surface area contributed by atoms with Crippen molar-refractivity contribution in [3.05, 3.63) is 53.2 Å². The van der Waals surface area contributed by atoms with Gasteiger partial charge in [-0.2, -0.15) is 0 Å². The molecule has 21 heavy (non-hydrogen) atoms. The van der Waals surface area contributed by atoms with E-state index in [1.807, 2.05) is 6.07 Å². The summed E-state index contributed by atoms with van der Waals surface area (Å²) >= 11 is 6.20. The van der Waals surface area contributed by atoms with Crippen LogP contribution in [0.2, 0.25) is 5.02 Å². The summed E-state index contributed by atoms with van der Waals surface area (Å²) in [5.74, 6) is 3.10. The van der Waals surface area contributed by atoms with Gasteiger partial charge in [-0.1, -0.05) is 23.6 Å². The molecule has 0 fully saturated rings. The van der Waals surface area contributed by atoms with Crippen molar-refractivity contribution in [1.29, 1.82) is 0 Å². The molecule has 3 aromatic rings. The first-order valence-corrected chi connectivity index (χ1v) is 6.53. The summed E-state index contributed by atoms with van der Waals surface area (Å²) in [7, 11) is 0. The Hall–Kier alpha value is -2.77. The highest BCUT2D eigenvalue weighted by Crippen LogP contribution is 2.26. The predicted molar refractivity (Wildman–Crippen MR) is 83.9 cm³/mol. The molecule has 3 rings (SSSR count). The first kappa shape index (κ1) is 13.2. The van der Waals surface area contributed by atoms with Gasteiger partial charge in [0.05, 0.1) is 10.5 Å². The molecule has 0 bridgehead atoms. The van der Waals surface area contributed by atoms with Crippen molar-refractivity contribution >= 4 is 34.1 Å². The molecule has 0 saturated carbocycles. The number of hydrogen-bond acceptors (Lipinski definition) is 4. The van der Waals surface area contributed by atoms with E-state index in [9.17, 15) is 5.11 Å². The lowest BCUT2D eigenvalue weighted by Crippen LogP contribution is -1.97. The van der Waals surface area contributed by atoms with Crippen molar-refractivity contribution in [3.63, 3.8) is 0 Å². The van der Waals surface area contributed by atoms with Gasteiger partial charge in [0, 0.05) is 28.9 Å².